The van der Waals surface area contributed by atoms with Crippen molar-refractivity contribution >= 4 is 23.3 Å². The first-order valence-electron chi connectivity index (χ1n) is 10.8. The number of anilines is 1. The van der Waals surface area contributed by atoms with Crippen LogP contribution in [0.2, 0.25) is 5.02 Å². The number of carbonyl (C=O) groups is 1. The Kier molecular flexibility index (Phi) is 7.58. The van der Waals surface area contributed by atoms with Gasteiger partial charge in [-0.05, 0) is 54.6 Å². The second-order valence-electron chi connectivity index (χ2n) is 7.92. The van der Waals surface area contributed by atoms with Crippen LogP contribution in [0.25, 0.3) is 21.8 Å². The van der Waals surface area contributed by atoms with Crippen LogP contribution in [-0.4, -0.2) is 51.9 Å². The number of azide groups is 1. The fraction of sp³-hybridized carbons (Fsp3) is 0.364. The largest absolute Gasteiger partial charge is 0.381 e. The van der Waals surface area contributed by atoms with Crippen LogP contribution in [0.4, 0.5) is 5.82 Å². The number of H-pyrrole nitrogens is 1. The number of halogens is 1. The lowest BCUT2D eigenvalue weighted by molar-refractivity contribution is 0.0903. The molecule has 0 radical (unpaired) electrons. The van der Waals surface area contributed by atoms with Gasteiger partial charge in [-0.3, -0.25) is 9.89 Å². The van der Waals surface area contributed by atoms with Crippen molar-refractivity contribution < 1.29 is 9.53 Å². The Morgan fingerprint density at radius 1 is 1.38 bits per heavy atom. The first-order valence-corrected chi connectivity index (χ1v) is 11.2. The van der Waals surface area contributed by atoms with Gasteiger partial charge in [0.15, 0.2) is 5.82 Å². The number of ether oxygens (including phenoxy) is 1. The number of rotatable bonds is 8. The highest BCUT2D eigenvalue weighted by Crippen LogP contribution is 2.24. The SMILES string of the molecule is Cc1cnc(NC2CCOCC2)cc1-c1n[nH]c(C(=O)N[C@H](CN=[N+]=[N-])c2cccc(Cl)c2)n1. The molecule has 11 nitrogen and oxygen atoms in total. The zero-order valence-corrected chi connectivity index (χ0v) is 19.3. The van der Waals surface area contributed by atoms with Crippen LogP contribution in [0.1, 0.15) is 40.6 Å². The Hall–Kier alpha value is -3.66. The normalized spacial score (nSPS) is 14.8. The monoisotopic (exact) mass is 481 g/mol. The standard InChI is InChI=1S/C22H24ClN9O2/c1-13-11-25-19(27-16-5-7-34-8-6-16)10-17(13)20-29-21(31-30-20)22(33)28-18(12-26-32-24)14-3-2-4-15(23)9-14/h2-4,9-11,16,18H,5-8,12H2,1H3,(H,25,27)(H,28,33)(H,29,30,31)/t18-/m1/s1. The summed E-state index contributed by atoms with van der Waals surface area (Å²) in [5.41, 5.74) is 11.1. The lowest BCUT2D eigenvalue weighted by Gasteiger charge is -2.23. The van der Waals surface area contributed by atoms with Gasteiger partial charge in [0.1, 0.15) is 5.82 Å². The van der Waals surface area contributed by atoms with Gasteiger partial charge < -0.3 is 15.4 Å². The molecule has 0 aliphatic carbocycles. The van der Waals surface area contributed by atoms with Crippen molar-refractivity contribution in [3.63, 3.8) is 0 Å². The van der Waals surface area contributed by atoms with Gasteiger partial charge in [0.25, 0.3) is 5.91 Å². The summed E-state index contributed by atoms with van der Waals surface area (Å²) in [5.74, 6) is 0.662. The van der Waals surface area contributed by atoms with E-state index in [1.807, 2.05) is 13.0 Å². The Bertz CT molecular complexity index is 1200. The molecule has 176 valence electrons. The molecule has 2 aromatic heterocycles. The lowest BCUT2D eigenvalue weighted by Crippen LogP contribution is -2.31. The Balaban J connectivity index is 1.51. The van der Waals surface area contributed by atoms with Gasteiger partial charge in [-0.25, -0.2) is 9.97 Å². The van der Waals surface area contributed by atoms with E-state index in [1.165, 1.54) is 0 Å². The van der Waals surface area contributed by atoms with Crippen molar-refractivity contribution in [1.82, 2.24) is 25.5 Å². The Labute approximate surface area is 200 Å². The van der Waals surface area contributed by atoms with E-state index >= 15 is 0 Å². The van der Waals surface area contributed by atoms with Crippen LogP contribution in [0.3, 0.4) is 0 Å². The number of pyridine rings is 1. The smallest absolute Gasteiger partial charge is 0.289 e. The number of benzene rings is 1. The first kappa shape index (κ1) is 23.5. The van der Waals surface area contributed by atoms with Gasteiger partial charge in [0.2, 0.25) is 5.82 Å². The minimum absolute atomic E-state index is 0.0221. The number of aromatic nitrogens is 4. The molecular formula is C22H24ClN9O2. The van der Waals surface area contributed by atoms with Gasteiger partial charge in [-0.1, -0.05) is 28.8 Å². The number of hydrogen-bond donors (Lipinski definition) is 3. The fourth-order valence-electron chi connectivity index (χ4n) is 3.68. The Morgan fingerprint density at radius 3 is 2.97 bits per heavy atom. The first-order chi connectivity index (χ1) is 16.5. The van der Waals surface area contributed by atoms with E-state index < -0.39 is 11.9 Å². The van der Waals surface area contributed by atoms with Crippen LogP contribution in [-0.2, 0) is 4.74 Å². The van der Waals surface area contributed by atoms with Crippen LogP contribution in [0, 0.1) is 6.92 Å². The van der Waals surface area contributed by atoms with Gasteiger partial charge in [-0.2, -0.15) is 5.10 Å². The van der Waals surface area contributed by atoms with E-state index in [1.54, 1.807) is 30.5 Å². The molecule has 0 unspecified atom stereocenters. The average molecular weight is 482 g/mol. The summed E-state index contributed by atoms with van der Waals surface area (Å²) in [6.07, 6.45) is 3.58. The third-order valence-electron chi connectivity index (χ3n) is 5.50. The second kappa shape index (κ2) is 11.0. The highest BCUT2D eigenvalue weighted by Gasteiger charge is 2.20. The van der Waals surface area contributed by atoms with Crippen LogP contribution < -0.4 is 10.6 Å². The average Bonchev–Trinajstić information content (AvgIpc) is 3.34. The molecule has 0 saturated carbocycles. The molecule has 4 rings (SSSR count). The molecule has 34 heavy (non-hydrogen) atoms. The van der Waals surface area contributed by atoms with Crippen molar-refractivity contribution in [2.24, 2.45) is 5.11 Å². The summed E-state index contributed by atoms with van der Waals surface area (Å²) < 4.78 is 5.41. The van der Waals surface area contributed by atoms with Crippen molar-refractivity contribution in [1.29, 1.82) is 0 Å². The molecule has 1 amide bonds. The number of aromatic amines is 1. The third kappa shape index (κ3) is 5.82. The van der Waals surface area contributed by atoms with E-state index in [0.717, 1.165) is 43.0 Å². The molecule has 12 heteroatoms. The van der Waals surface area contributed by atoms with E-state index in [0.29, 0.717) is 22.5 Å². The number of nitrogens with one attached hydrogen (secondary N) is 3. The quantitative estimate of drug-likeness (QED) is 0.249. The van der Waals surface area contributed by atoms with Crippen LogP contribution in [0.15, 0.2) is 41.6 Å². The summed E-state index contributed by atoms with van der Waals surface area (Å²) in [6.45, 7) is 3.39. The molecule has 1 aromatic carbocycles. The van der Waals surface area contributed by atoms with Crippen molar-refractivity contribution in [2.75, 3.05) is 25.1 Å². The van der Waals surface area contributed by atoms with Crippen molar-refractivity contribution in [3.05, 3.63) is 68.9 Å². The maximum Gasteiger partial charge on any atom is 0.289 e. The maximum absolute atomic E-state index is 12.9. The second-order valence-corrected chi connectivity index (χ2v) is 8.35. The van der Waals surface area contributed by atoms with E-state index in [4.69, 9.17) is 21.9 Å². The molecule has 3 aromatic rings. The molecule has 3 heterocycles. The zero-order valence-electron chi connectivity index (χ0n) is 18.5. The van der Waals surface area contributed by atoms with Gasteiger partial charge in [0, 0.05) is 41.0 Å². The number of hydrogen-bond acceptors (Lipinski definition) is 7. The molecule has 3 N–H and O–H groups in total. The number of aryl methyl sites for hydroxylation is 1. The summed E-state index contributed by atoms with van der Waals surface area (Å²) in [4.78, 5) is 24.5. The highest BCUT2D eigenvalue weighted by molar-refractivity contribution is 6.30. The predicted octanol–water partition coefficient (Wildman–Crippen LogP) is 4.20. The molecule has 1 aliphatic heterocycles. The Morgan fingerprint density at radius 2 is 2.21 bits per heavy atom. The molecule has 1 atom stereocenters. The number of carbonyl (C=O) groups excluding carboxylic acids is 1. The minimum atomic E-state index is -0.575. The van der Waals surface area contributed by atoms with E-state index in [-0.39, 0.29) is 12.4 Å². The molecule has 1 fully saturated rings. The van der Waals surface area contributed by atoms with Gasteiger partial charge in [0.05, 0.1) is 12.6 Å². The minimum Gasteiger partial charge on any atom is -0.381 e. The lowest BCUT2D eigenvalue weighted by atomic mass is 10.1. The molecule has 0 spiro atoms. The highest BCUT2D eigenvalue weighted by atomic mass is 35.5. The fourth-order valence-corrected chi connectivity index (χ4v) is 3.88. The summed E-state index contributed by atoms with van der Waals surface area (Å²) in [6, 6.07) is 8.59. The number of amides is 1. The zero-order chi connectivity index (χ0) is 23.9. The third-order valence-corrected chi connectivity index (χ3v) is 5.74. The van der Waals surface area contributed by atoms with Crippen LogP contribution in [0.5, 0.6) is 0 Å². The van der Waals surface area contributed by atoms with Crippen LogP contribution >= 0.6 is 11.6 Å². The maximum atomic E-state index is 12.9. The summed E-state index contributed by atoms with van der Waals surface area (Å²) >= 11 is 6.08. The van der Waals surface area contributed by atoms with E-state index in [9.17, 15) is 4.79 Å². The predicted molar refractivity (Wildman–Crippen MR) is 127 cm³/mol. The van der Waals surface area contributed by atoms with E-state index in [2.05, 4.69) is 40.8 Å². The van der Waals surface area contributed by atoms with Gasteiger partial charge in [-0.15, -0.1) is 0 Å². The van der Waals surface area contributed by atoms with Gasteiger partial charge >= 0.3 is 0 Å². The topological polar surface area (TPSA) is 154 Å². The van der Waals surface area contributed by atoms with Crippen molar-refractivity contribution in [2.45, 2.75) is 31.8 Å². The van der Waals surface area contributed by atoms with Crippen molar-refractivity contribution in [3.8, 4) is 11.4 Å². The summed E-state index contributed by atoms with van der Waals surface area (Å²) in [5, 5.41) is 17.3. The molecule has 1 saturated heterocycles. The molecular weight excluding hydrogens is 458 g/mol. The molecule has 1 aliphatic rings. The molecule has 0 bridgehead atoms. The number of nitrogens with zero attached hydrogens (tertiary/aromatic N) is 6. The summed E-state index contributed by atoms with van der Waals surface area (Å²) in [7, 11) is 0.